The number of likely N-dealkylation sites (tertiary alicyclic amines) is 1. The maximum Gasteiger partial charge on any atom is 0.234 e. The van der Waals surface area contributed by atoms with Gasteiger partial charge in [0.15, 0.2) is 0 Å². The molecule has 2 unspecified atom stereocenters. The summed E-state index contributed by atoms with van der Waals surface area (Å²) < 4.78 is 5.49. The number of nitrogens with zero attached hydrogens (tertiary/aromatic N) is 1. The number of hydrogen-bond acceptors (Lipinski definition) is 5. The first-order valence-corrected chi connectivity index (χ1v) is 8.74. The molecule has 2 atom stereocenters. The lowest BCUT2D eigenvalue weighted by molar-refractivity contribution is -0.201. The van der Waals surface area contributed by atoms with Crippen LogP contribution in [0.1, 0.15) is 24.1 Å². The van der Waals surface area contributed by atoms with E-state index in [2.05, 4.69) is 10.2 Å². The van der Waals surface area contributed by atoms with Gasteiger partial charge in [0.25, 0.3) is 0 Å². The smallest absolute Gasteiger partial charge is 0.234 e. The third kappa shape index (κ3) is 3.06. The molecule has 2 aliphatic rings. The highest BCUT2D eigenvalue weighted by atomic mass is 32.1. The second kappa shape index (κ2) is 6.66. The highest BCUT2D eigenvalue weighted by Crippen LogP contribution is 2.50. The molecule has 1 aliphatic heterocycles. The fourth-order valence-electron chi connectivity index (χ4n) is 3.70. The number of aliphatic hydroxyl groups is 1. The summed E-state index contributed by atoms with van der Waals surface area (Å²) in [5.74, 6) is 0.0711. The van der Waals surface area contributed by atoms with Gasteiger partial charge < -0.3 is 15.2 Å². The van der Waals surface area contributed by atoms with Crippen LogP contribution in [0.15, 0.2) is 17.5 Å². The first kappa shape index (κ1) is 15.9. The fourth-order valence-corrected chi connectivity index (χ4v) is 4.34. The second-order valence-corrected chi connectivity index (χ2v) is 7.37. The van der Waals surface area contributed by atoms with E-state index in [4.69, 9.17) is 4.74 Å². The number of methoxy groups -OCH3 is 1. The summed E-state index contributed by atoms with van der Waals surface area (Å²) in [5.41, 5.74) is -0.0707. The van der Waals surface area contributed by atoms with Crippen LogP contribution in [0.25, 0.3) is 0 Å². The van der Waals surface area contributed by atoms with Crippen molar-refractivity contribution in [3.05, 3.63) is 22.4 Å². The van der Waals surface area contributed by atoms with Crippen LogP contribution in [-0.2, 0) is 16.1 Å². The van der Waals surface area contributed by atoms with Gasteiger partial charge in [-0.1, -0.05) is 6.07 Å². The Kier molecular flexibility index (Phi) is 4.82. The molecule has 0 radical (unpaired) electrons. The Bertz CT molecular complexity index is 497. The Morgan fingerprint density at radius 2 is 2.32 bits per heavy atom. The molecule has 0 bridgehead atoms. The van der Waals surface area contributed by atoms with Crippen LogP contribution >= 0.6 is 11.3 Å². The molecule has 3 rings (SSSR count). The number of rotatable bonds is 5. The van der Waals surface area contributed by atoms with E-state index in [1.807, 2.05) is 17.5 Å². The monoisotopic (exact) mass is 324 g/mol. The van der Waals surface area contributed by atoms with Crippen molar-refractivity contribution in [2.75, 3.05) is 26.7 Å². The van der Waals surface area contributed by atoms with Crippen molar-refractivity contribution in [2.24, 2.45) is 5.41 Å². The molecule has 1 aliphatic carbocycles. The number of thiophene rings is 1. The first-order chi connectivity index (χ1) is 10.6. The largest absolute Gasteiger partial charge is 0.392 e. The molecule has 1 saturated heterocycles. The van der Waals surface area contributed by atoms with E-state index in [0.29, 0.717) is 13.1 Å². The van der Waals surface area contributed by atoms with E-state index in [1.165, 1.54) is 4.88 Å². The lowest BCUT2D eigenvalue weighted by Gasteiger charge is -2.56. The maximum atomic E-state index is 12.0. The van der Waals surface area contributed by atoms with E-state index in [-0.39, 0.29) is 23.5 Å². The second-order valence-electron chi connectivity index (χ2n) is 6.34. The minimum Gasteiger partial charge on any atom is -0.392 e. The van der Waals surface area contributed by atoms with Gasteiger partial charge in [0, 0.05) is 23.8 Å². The normalized spacial score (nSPS) is 27.5. The van der Waals surface area contributed by atoms with Gasteiger partial charge in [-0.25, -0.2) is 0 Å². The lowest BCUT2D eigenvalue weighted by Crippen LogP contribution is -2.62. The molecule has 1 saturated carbocycles. The number of ether oxygens (including phenoxy) is 1. The molecule has 6 heteroatoms. The van der Waals surface area contributed by atoms with Crippen molar-refractivity contribution in [2.45, 2.75) is 38.0 Å². The maximum absolute atomic E-state index is 12.0. The zero-order chi connectivity index (χ0) is 15.6. The zero-order valence-corrected chi connectivity index (χ0v) is 13.8. The average molecular weight is 324 g/mol. The summed E-state index contributed by atoms with van der Waals surface area (Å²) in [4.78, 5) is 15.4. The minimum absolute atomic E-state index is 0.0707. The highest BCUT2D eigenvalue weighted by molar-refractivity contribution is 7.09. The van der Waals surface area contributed by atoms with Crippen LogP contribution < -0.4 is 5.32 Å². The molecule has 1 amide bonds. The van der Waals surface area contributed by atoms with E-state index in [1.54, 1.807) is 18.4 Å². The number of amides is 1. The molecule has 1 aromatic rings. The van der Waals surface area contributed by atoms with Crippen molar-refractivity contribution in [1.82, 2.24) is 10.2 Å². The van der Waals surface area contributed by atoms with Gasteiger partial charge in [-0.05, 0) is 37.4 Å². The molecule has 1 aromatic heterocycles. The molecule has 22 heavy (non-hydrogen) atoms. The van der Waals surface area contributed by atoms with Crippen molar-refractivity contribution >= 4 is 17.2 Å². The lowest BCUT2D eigenvalue weighted by atomic mass is 9.58. The SMILES string of the molecule is COC1CC(O)C12CCN(CC(=O)NCc1cccs1)CC2. The Balaban J connectivity index is 1.43. The first-order valence-electron chi connectivity index (χ1n) is 7.86. The molecular weight excluding hydrogens is 300 g/mol. The highest BCUT2D eigenvalue weighted by Gasteiger charge is 2.55. The van der Waals surface area contributed by atoms with Crippen LogP contribution in [0.3, 0.4) is 0 Å². The van der Waals surface area contributed by atoms with Gasteiger partial charge >= 0.3 is 0 Å². The molecule has 2 fully saturated rings. The average Bonchev–Trinajstić information content (AvgIpc) is 3.04. The number of hydrogen-bond donors (Lipinski definition) is 2. The van der Waals surface area contributed by atoms with Crippen LogP contribution in [0.2, 0.25) is 0 Å². The summed E-state index contributed by atoms with van der Waals surface area (Å²) in [6.45, 7) is 2.75. The topological polar surface area (TPSA) is 61.8 Å². The summed E-state index contributed by atoms with van der Waals surface area (Å²) in [6, 6.07) is 4.02. The van der Waals surface area contributed by atoms with Gasteiger partial charge in [0.2, 0.25) is 5.91 Å². The molecule has 0 aromatic carbocycles. The summed E-state index contributed by atoms with van der Waals surface area (Å²) in [5, 5.41) is 15.1. The van der Waals surface area contributed by atoms with Gasteiger partial charge in [-0.15, -0.1) is 11.3 Å². The summed E-state index contributed by atoms with van der Waals surface area (Å²) >= 11 is 1.65. The number of carbonyl (C=O) groups is 1. The van der Waals surface area contributed by atoms with Gasteiger partial charge in [-0.3, -0.25) is 9.69 Å². The molecule has 122 valence electrons. The predicted molar refractivity (Wildman–Crippen MR) is 85.7 cm³/mol. The van der Waals surface area contributed by atoms with Crippen LogP contribution in [-0.4, -0.2) is 54.9 Å². The molecular formula is C16H24N2O3S. The van der Waals surface area contributed by atoms with Gasteiger partial charge in [0.1, 0.15) is 0 Å². The van der Waals surface area contributed by atoms with E-state index < -0.39 is 0 Å². The molecule has 2 N–H and O–H groups in total. The minimum atomic E-state index is -0.243. The van der Waals surface area contributed by atoms with E-state index >= 15 is 0 Å². The van der Waals surface area contributed by atoms with Crippen LogP contribution in [0.4, 0.5) is 0 Å². The van der Waals surface area contributed by atoms with Gasteiger partial charge in [-0.2, -0.15) is 0 Å². The number of nitrogens with one attached hydrogen (secondary N) is 1. The van der Waals surface area contributed by atoms with Crippen molar-refractivity contribution < 1.29 is 14.6 Å². The zero-order valence-electron chi connectivity index (χ0n) is 13.0. The fraction of sp³-hybridized carbons (Fsp3) is 0.688. The number of piperidine rings is 1. The standard InChI is InChI=1S/C16H24N2O3S/c1-21-14-9-13(19)16(14)4-6-18(7-5-16)11-15(20)17-10-12-3-2-8-22-12/h2-3,8,13-14,19H,4-7,9-11H2,1H3,(H,17,20). The predicted octanol–water partition coefficient (Wildman–Crippen LogP) is 1.23. The van der Waals surface area contributed by atoms with Crippen LogP contribution in [0.5, 0.6) is 0 Å². The summed E-state index contributed by atoms with van der Waals surface area (Å²) in [6.07, 6.45) is 2.50. The number of aliphatic hydroxyl groups excluding tert-OH is 1. The summed E-state index contributed by atoms with van der Waals surface area (Å²) in [7, 11) is 1.72. The van der Waals surface area contributed by atoms with Crippen molar-refractivity contribution in [3.63, 3.8) is 0 Å². The van der Waals surface area contributed by atoms with Crippen molar-refractivity contribution in [1.29, 1.82) is 0 Å². The third-order valence-electron chi connectivity index (χ3n) is 5.22. The Labute approximate surface area is 135 Å². The Morgan fingerprint density at radius 3 is 2.91 bits per heavy atom. The van der Waals surface area contributed by atoms with Gasteiger partial charge in [0.05, 0.1) is 25.3 Å². The third-order valence-corrected chi connectivity index (χ3v) is 6.10. The van der Waals surface area contributed by atoms with E-state index in [9.17, 15) is 9.90 Å². The number of carbonyl (C=O) groups excluding carboxylic acids is 1. The molecule has 2 heterocycles. The Hall–Kier alpha value is -0.950. The van der Waals surface area contributed by atoms with E-state index in [0.717, 1.165) is 32.4 Å². The molecule has 5 nitrogen and oxygen atoms in total. The van der Waals surface area contributed by atoms with Crippen LogP contribution in [0, 0.1) is 5.41 Å². The van der Waals surface area contributed by atoms with Crippen molar-refractivity contribution in [3.8, 4) is 0 Å². The molecule has 1 spiro atoms. The quantitative estimate of drug-likeness (QED) is 0.855. The Morgan fingerprint density at radius 1 is 1.55 bits per heavy atom.